The van der Waals surface area contributed by atoms with E-state index in [0.29, 0.717) is 0 Å². The largest absolute Gasteiger partial charge is 0.501 e. The van der Waals surface area contributed by atoms with Crippen LogP contribution < -0.4 is 5.43 Å². The van der Waals surface area contributed by atoms with Crippen molar-refractivity contribution in [3.63, 3.8) is 0 Å². The summed E-state index contributed by atoms with van der Waals surface area (Å²) in [4.78, 5) is 19.5. The van der Waals surface area contributed by atoms with E-state index in [2.05, 4.69) is 9.97 Å². The Labute approximate surface area is 131 Å². The van der Waals surface area contributed by atoms with E-state index in [1.807, 2.05) is 0 Å². The van der Waals surface area contributed by atoms with Gasteiger partial charge in [0.15, 0.2) is 16.4 Å². The zero-order valence-electron chi connectivity index (χ0n) is 11.1. The van der Waals surface area contributed by atoms with Crippen LogP contribution in [0.4, 0.5) is 13.2 Å². The van der Waals surface area contributed by atoms with Crippen molar-refractivity contribution in [2.45, 2.75) is 6.18 Å². The molecule has 23 heavy (non-hydrogen) atoms. The van der Waals surface area contributed by atoms with Gasteiger partial charge in [0, 0.05) is 5.56 Å². The summed E-state index contributed by atoms with van der Waals surface area (Å²) in [5, 5.41) is 9.88. The van der Waals surface area contributed by atoms with Gasteiger partial charge < -0.3 is 9.52 Å². The summed E-state index contributed by atoms with van der Waals surface area (Å²) >= 11 is 5.66. The van der Waals surface area contributed by atoms with E-state index in [4.69, 9.17) is 16.0 Å². The number of alkyl halides is 3. The molecule has 9 heteroatoms. The van der Waals surface area contributed by atoms with E-state index in [1.165, 1.54) is 0 Å². The highest BCUT2D eigenvalue weighted by Gasteiger charge is 2.30. The zero-order valence-corrected chi connectivity index (χ0v) is 11.8. The van der Waals surface area contributed by atoms with Crippen LogP contribution in [0.5, 0.6) is 5.75 Å². The predicted molar refractivity (Wildman–Crippen MR) is 75.2 cm³/mol. The minimum Gasteiger partial charge on any atom is -0.501 e. The first-order valence-electron chi connectivity index (χ1n) is 6.13. The fourth-order valence-electron chi connectivity index (χ4n) is 1.95. The topological polar surface area (TPSA) is 76.2 Å². The van der Waals surface area contributed by atoms with E-state index >= 15 is 0 Å². The Bertz CT molecular complexity index is 952. The third kappa shape index (κ3) is 2.72. The third-order valence-corrected chi connectivity index (χ3v) is 3.21. The van der Waals surface area contributed by atoms with Gasteiger partial charge in [-0.3, -0.25) is 4.79 Å². The van der Waals surface area contributed by atoms with Crippen molar-refractivity contribution < 1.29 is 22.7 Å². The van der Waals surface area contributed by atoms with Gasteiger partial charge in [0.05, 0.1) is 11.8 Å². The lowest BCUT2D eigenvalue weighted by atomic mass is 10.1. The van der Waals surface area contributed by atoms with Crippen molar-refractivity contribution >= 4 is 22.8 Å². The fraction of sp³-hybridized carbons (Fsp3) is 0.0714. The summed E-state index contributed by atoms with van der Waals surface area (Å²) in [6.07, 6.45) is -3.39. The zero-order chi connectivity index (χ0) is 16.8. The Hall–Kier alpha value is -2.61. The van der Waals surface area contributed by atoms with E-state index in [1.54, 1.807) is 0 Å². The minimum atomic E-state index is -4.50. The molecule has 0 radical (unpaired) electrons. The molecule has 2 heterocycles. The van der Waals surface area contributed by atoms with Crippen molar-refractivity contribution in [2.75, 3.05) is 0 Å². The normalized spacial score (nSPS) is 11.8. The molecule has 0 unspecified atom stereocenters. The van der Waals surface area contributed by atoms with E-state index in [0.717, 1.165) is 30.5 Å². The first-order chi connectivity index (χ1) is 10.8. The molecule has 0 aliphatic rings. The van der Waals surface area contributed by atoms with Gasteiger partial charge in [-0.1, -0.05) is 23.7 Å². The highest BCUT2D eigenvalue weighted by molar-refractivity contribution is 6.29. The summed E-state index contributed by atoms with van der Waals surface area (Å²) in [5.74, 6) is -1.08. The Balaban J connectivity index is 2.20. The molecule has 0 aliphatic carbocycles. The van der Waals surface area contributed by atoms with E-state index in [-0.39, 0.29) is 27.7 Å². The molecular formula is C14H6ClF3N2O3. The number of benzene rings is 1. The molecule has 0 bridgehead atoms. The lowest BCUT2D eigenvalue weighted by Crippen LogP contribution is -2.06. The molecule has 2 aromatic heterocycles. The van der Waals surface area contributed by atoms with E-state index < -0.39 is 22.9 Å². The molecule has 0 spiro atoms. The number of rotatable bonds is 1. The Morgan fingerprint density at radius 3 is 2.43 bits per heavy atom. The van der Waals surface area contributed by atoms with Crippen molar-refractivity contribution in [3.05, 3.63) is 51.4 Å². The fourth-order valence-corrected chi connectivity index (χ4v) is 2.07. The number of nitrogens with zero attached hydrogens (tertiary/aromatic N) is 2. The molecule has 0 saturated carbocycles. The number of aromatic nitrogens is 2. The number of aromatic hydroxyl groups is 1. The molecule has 3 aromatic rings. The summed E-state index contributed by atoms with van der Waals surface area (Å²) in [7, 11) is 0. The van der Waals surface area contributed by atoms with Gasteiger partial charge in [-0.05, 0) is 12.1 Å². The average Bonchev–Trinajstić information content (AvgIpc) is 2.50. The Morgan fingerprint density at radius 1 is 1.17 bits per heavy atom. The van der Waals surface area contributed by atoms with Crippen LogP contribution in [0.3, 0.4) is 0 Å². The number of hydrogen-bond acceptors (Lipinski definition) is 5. The quantitative estimate of drug-likeness (QED) is 0.731. The molecule has 0 saturated heterocycles. The molecule has 1 aromatic carbocycles. The Morgan fingerprint density at radius 2 is 1.83 bits per heavy atom. The van der Waals surface area contributed by atoms with Crippen molar-refractivity contribution in [1.82, 2.24) is 9.97 Å². The second-order valence-corrected chi connectivity index (χ2v) is 4.92. The molecule has 0 aliphatic heterocycles. The molecule has 0 fully saturated rings. The molecule has 3 rings (SSSR count). The first-order valence-corrected chi connectivity index (χ1v) is 6.51. The number of hydrogen-bond donors (Lipinski definition) is 1. The van der Waals surface area contributed by atoms with Gasteiger partial charge >= 0.3 is 6.18 Å². The van der Waals surface area contributed by atoms with Crippen LogP contribution in [-0.2, 0) is 6.18 Å². The van der Waals surface area contributed by atoms with Gasteiger partial charge in [0.2, 0.25) is 5.75 Å². The predicted octanol–water partition coefficient (Wildman–Crippen LogP) is 3.63. The van der Waals surface area contributed by atoms with Gasteiger partial charge in [0.25, 0.3) is 11.1 Å². The van der Waals surface area contributed by atoms with Gasteiger partial charge in [0.1, 0.15) is 0 Å². The van der Waals surface area contributed by atoms with Crippen LogP contribution in [0.15, 0.2) is 39.7 Å². The van der Waals surface area contributed by atoms with Crippen LogP contribution in [0.1, 0.15) is 5.56 Å². The lowest BCUT2D eigenvalue weighted by molar-refractivity contribution is -0.137. The van der Waals surface area contributed by atoms with Crippen molar-refractivity contribution in [2.24, 2.45) is 0 Å². The van der Waals surface area contributed by atoms with Gasteiger partial charge in [-0.25, -0.2) is 4.98 Å². The molecule has 5 nitrogen and oxygen atoms in total. The van der Waals surface area contributed by atoms with Crippen LogP contribution in [0, 0.1) is 0 Å². The first kappa shape index (κ1) is 15.3. The summed E-state index contributed by atoms with van der Waals surface area (Å²) in [5.41, 5.74) is -2.11. The number of halogens is 4. The van der Waals surface area contributed by atoms with E-state index in [9.17, 15) is 23.1 Å². The molecule has 118 valence electrons. The average molecular weight is 343 g/mol. The maximum absolute atomic E-state index is 12.6. The molecular weight excluding hydrogens is 337 g/mol. The Kier molecular flexibility index (Phi) is 3.48. The highest BCUT2D eigenvalue weighted by atomic mass is 35.5. The summed E-state index contributed by atoms with van der Waals surface area (Å²) in [6, 6.07) is 3.76. The molecule has 1 N–H and O–H groups in total. The maximum atomic E-state index is 12.6. The lowest BCUT2D eigenvalue weighted by Gasteiger charge is -2.08. The van der Waals surface area contributed by atoms with Gasteiger partial charge in [-0.15, -0.1) is 0 Å². The second-order valence-electron chi connectivity index (χ2n) is 4.53. The summed E-state index contributed by atoms with van der Waals surface area (Å²) in [6.45, 7) is 0. The smallest absolute Gasteiger partial charge is 0.416 e. The highest BCUT2D eigenvalue weighted by Crippen LogP contribution is 2.33. The van der Waals surface area contributed by atoms with Crippen LogP contribution in [0.2, 0.25) is 5.15 Å². The standard InChI is InChI=1S/C14H6ClF3N2O3/c15-8-5-19-9-10(21)11(22)12(23-13(9)20-8)6-1-3-7(4-2-6)14(16,17)18/h1-5,22H. The maximum Gasteiger partial charge on any atom is 0.416 e. The monoisotopic (exact) mass is 342 g/mol. The van der Waals surface area contributed by atoms with Crippen LogP contribution in [0.25, 0.3) is 22.6 Å². The molecule has 0 amide bonds. The van der Waals surface area contributed by atoms with Crippen LogP contribution in [-0.4, -0.2) is 15.1 Å². The number of fused-ring (bicyclic) bond motifs is 1. The second kappa shape index (κ2) is 5.24. The van der Waals surface area contributed by atoms with Crippen molar-refractivity contribution in [3.8, 4) is 17.1 Å². The summed E-state index contributed by atoms with van der Waals surface area (Å²) < 4.78 is 43.0. The SMILES string of the molecule is O=c1c(O)c(-c2ccc(C(F)(F)F)cc2)oc2nc(Cl)cnc12. The minimum absolute atomic E-state index is 0.0373. The molecule has 0 atom stereocenters. The van der Waals surface area contributed by atoms with Gasteiger partial charge in [-0.2, -0.15) is 18.2 Å². The van der Waals surface area contributed by atoms with Crippen molar-refractivity contribution in [1.29, 1.82) is 0 Å². The third-order valence-electron chi connectivity index (χ3n) is 3.03. The van der Waals surface area contributed by atoms with Crippen LogP contribution >= 0.6 is 11.6 Å².